The van der Waals surface area contributed by atoms with Crippen molar-refractivity contribution in [1.29, 1.82) is 0 Å². The number of rotatable bonds is 3. The smallest absolute Gasteiger partial charge is 0.0159 e. The second kappa shape index (κ2) is 4.06. The fourth-order valence-corrected chi connectivity index (χ4v) is 2.45. The molecule has 0 radical (unpaired) electrons. The summed E-state index contributed by atoms with van der Waals surface area (Å²) >= 11 is 0. The molecule has 0 nitrogen and oxygen atoms in total. The van der Waals surface area contributed by atoms with Gasteiger partial charge in [-0.05, 0) is 47.4 Å². The predicted molar refractivity (Wildman–Crippen MR) is 67.0 cm³/mol. The molecule has 78 valence electrons. The fraction of sp³-hybridized carbons (Fsp3) is 0.333. The van der Waals surface area contributed by atoms with Crippen LogP contribution in [0, 0.1) is 0 Å². The van der Waals surface area contributed by atoms with Gasteiger partial charge in [0.15, 0.2) is 0 Å². The molecule has 0 saturated carbocycles. The summed E-state index contributed by atoms with van der Waals surface area (Å²) in [6.07, 6.45) is 5.63. The van der Waals surface area contributed by atoms with Crippen molar-refractivity contribution in [2.45, 2.75) is 32.1 Å². The number of benzene rings is 1. The van der Waals surface area contributed by atoms with Crippen molar-refractivity contribution in [3.8, 4) is 0 Å². The maximum absolute atomic E-state index is 3.99. The van der Waals surface area contributed by atoms with Crippen LogP contribution in [-0.4, -0.2) is 0 Å². The lowest BCUT2D eigenvalue weighted by molar-refractivity contribution is 0.656. The highest BCUT2D eigenvalue weighted by Crippen LogP contribution is 2.36. The Bertz CT molecular complexity index is 398. The Morgan fingerprint density at radius 2 is 2.33 bits per heavy atom. The maximum atomic E-state index is 3.99. The highest BCUT2D eigenvalue weighted by atomic mass is 14.2. The third-order valence-corrected chi connectivity index (χ3v) is 3.45. The summed E-state index contributed by atoms with van der Waals surface area (Å²) < 4.78 is 0. The Morgan fingerprint density at radius 1 is 1.53 bits per heavy atom. The molecule has 1 aromatic carbocycles. The van der Waals surface area contributed by atoms with E-state index in [9.17, 15) is 0 Å². The number of aryl methyl sites for hydroxylation is 1. The lowest BCUT2D eigenvalue weighted by Crippen LogP contribution is -1.91. The van der Waals surface area contributed by atoms with E-state index in [0.717, 1.165) is 11.5 Å². The molecule has 0 spiro atoms. The van der Waals surface area contributed by atoms with Crippen molar-refractivity contribution in [2.75, 3.05) is 0 Å². The minimum atomic E-state index is 0.783. The predicted octanol–water partition coefficient (Wildman–Crippen LogP) is 4.33. The first-order chi connectivity index (χ1) is 7.26. The van der Waals surface area contributed by atoms with E-state index in [1.54, 1.807) is 5.56 Å². The number of fused-ring (bicyclic) bond motifs is 1. The molecule has 1 atom stereocenters. The van der Waals surface area contributed by atoms with Gasteiger partial charge < -0.3 is 0 Å². The quantitative estimate of drug-likeness (QED) is 0.634. The molecule has 0 heteroatoms. The molecule has 0 amide bonds. The van der Waals surface area contributed by atoms with Crippen LogP contribution < -0.4 is 0 Å². The number of hydrogen-bond donors (Lipinski definition) is 0. The van der Waals surface area contributed by atoms with Crippen molar-refractivity contribution in [2.24, 2.45) is 0 Å². The average molecular weight is 198 g/mol. The molecule has 1 aromatic rings. The highest BCUT2D eigenvalue weighted by molar-refractivity contribution is 5.72. The molecule has 0 N–H and O–H groups in total. The minimum absolute atomic E-state index is 0.783. The third-order valence-electron chi connectivity index (χ3n) is 3.45. The van der Waals surface area contributed by atoms with E-state index in [-0.39, 0.29) is 0 Å². The molecule has 0 bridgehead atoms. The zero-order valence-corrected chi connectivity index (χ0v) is 9.42. The average Bonchev–Trinajstić information content (AvgIpc) is 2.69. The SMILES string of the molecule is C=CC(=C)c1ccc2c(c1)CCC2CC. The molecule has 0 saturated heterocycles. The Labute approximate surface area is 92.3 Å². The van der Waals surface area contributed by atoms with Gasteiger partial charge in [-0.1, -0.05) is 44.4 Å². The Balaban J connectivity index is 2.37. The van der Waals surface area contributed by atoms with Gasteiger partial charge in [-0.25, -0.2) is 0 Å². The summed E-state index contributed by atoms with van der Waals surface area (Å²) in [5, 5.41) is 0. The van der Waals surface area contributed by atoms with Crippen LogP contribution in [0.15, 0.2) is 37.4 Å². The molecular weight excluding hydrogens is 180 g/mol. The summed E-state index contributed by atoms with van der Waals surface area (Å²) in [7, 11) is 0. The van der Waals surface area contributed by atoms with Crippen molar-refractivity contribution in [1.82, 2.24) is 0 Å². The Morgan fingerprint density at radius 3 is 3.00 bits per heavy atom. The van der Waals surface area contributed by atoms with Crippen molar-refractivity contribution in [3.05, 3.63) is 54.1 Å². The molecular formula is C15H18. The van der Waals surface area contributed by atoms with Gasteiger partial charge in [0.1, 0.15) is 0 Å². The first kappa shape index (κ1) is 10.2. The molecule has 1 unspecified atom stereocenters. The fourth-order valence-electron chi connectivity index (χ4n) is 2.45. The monoisotopic (exact) mass is 198 g/mol. The van der Waals surface area contributed by atoms with E-state index in [1.807, 2.05) is 6.08 Å². The maximum Gasteiger partial charge on any atom is -0.0159 e. The van der Waals surface area contributed by atoms with E-state index < -0.39 is 0 Å². The van der Waals surface area contributed by atoms with Crippen LogP contribution >= 0.6 is 0 Å². The summed E-state index contributed by atoms with van der Waals surface area (Å²) in [6.45, 7) is 10.0. The second-order valence-electron chi connectivity index (χ2n) is 4.29. The zero-order chi connectivity index (χ0) is 10.8. The van der Waals surface area contributed by atoms with Crippen LogP contribution in [0.4, 0.5) is 0 Å². The molecule has 2 rings (SSSR count). The minimum Gasteiger partial charge on any atom is -0.0985 e. The zero-order valence-electron chi connectivity index (χ0n) is 9.42. The Kier molecular flexibility index (Phi) is 2.77. The second-order valence-corrected chi connectivity index (χ2v) is 4.29. The van der Waals surface area contributed by atoms with Gasteiger partial charge in [0.05, 0.1) is 0 Å². The summed E-state index contributed by atoms with van der Waals surface area (Å²) in [4.78, 5) is 0. The molecule has 0 heterocycles. The van der Waals surface area contributed by atoms with Gasteiger partial charge in [-0.3, -0.25) is 0 Å². The lowest BCUT2D eigenvalue weighted by Gasteiger charge is -2.09. The van der Waals surface area contributed by atoms with Gasteiger partial charge in [0, 0.05) is 0 Å². The molecule has 0 aromatic heterocycles. The van der Waals surface area contributed by atoms with E-state index in [4.69, 9.17) is 0 Å². The standard InChI is InChI=1S/C15H18/c1-4-11(3)13-8-9-15-12(5-2)6-7-14(15)10-13/h4,8-10,12H,1,3,5-7H2,2H3. The van der Waals surface area contributed by atoms with Gasteiger partial charge >= 0.3 is 0 Å². The van der Waals surface area contributed by atoms with Crippen molar-refractivity contribution in [3.63, 3.8) is 0 Å². The topological polar surface area (TPSA) is 0 Å². The van der Waals surface area contributed by atoms with Crippen molar-refractivity contribution >= 4 is 5.57 Å². The molecule has 0 fully saturated rings. The summed E-state index contributed by atoms with van der Waals surface area (Å²) in [6, 6.07) is 6.74. The first-order valence-electron chi connectivity index (χ1n) is 5.70. The summed E-state index contributed by atoms with van der Waals surface area (Å²) in [5.74, 6) is 0.783. The van der Waals surface area contributed by atoms with Gasteiger partial charge in [-0.15, -0.1) is 0 Å². The van der Waals surface area contributed by atoms with Crippen LogP contribution in [0.2, 0.25) is 0 Å². The van der Waals surface area contributed by atoms with Crippen LogP contribution in [0.5, 0.6) is 0 Å². The lowest BCUT2D eigenvalue weighted by atomic mass is 9.96. The largest absolute Gasteiger partial charge is 0.0985 e. The van der Waals surface area contributed by atoms with Crippen LogP contribution in [0.3, 0.4) is 0 Å². The van der Waals surface area contributed by atoms with E-state index in [0.29, 0.717) is 0 Å². The number of hydrogen-bond acceptors (Lipinski definition) is 0. The van der Waals surface area contributed by atoms with Crippen LogP contribution in [0.25, 0.3) is 5.57 Å². The molecule has 1 aliphatic rings. The number of allylic oxidation sites excluding steroid dienone is 2. The van der Waals surface area contributed by atoms with Crippen LogP contribution in [0.1, 0.15) is 42.4 Å². The van der Waals surface area contributed by atoms with E-state index >= 15 is 0 Å². The van der Waals surface area contributed by atoms with E-state index in [2.05, 4.69) is 38.3 Å². The van der Waals surface area contributed by atoms with Gasteiger partial charge in [-0.2, -0.15) is 0 Å². The third kappa shape index (κ3) is 1.77. The van der Waals surface area contributed by atoms with E-state index in [1.165, 1.54) is 30.4 Å². The van der Waals surface area contributed by atoms with Crippen molar-refractivity contribution < 1.29 is 0 Å². The van der Waals surface area contributed by atoms with Gasteiger partial charge in [0.2, 0.25) is 0 Å². The van der Waals surface area contributed by atoms with Gasteiger partial charge in [0.25, 0.3) is 0 Å². The van der Waals surface area contributed by atoms with Crippen LogP contribution in [-0.2, 0) is 6.42 Å². The summed E-state index contributed by atoms with van der Waals surface area (Å²) in [5.41, 5.74) is 5.32. The Hall–Kier alpha value is -1.30. The normalized spacial score (nSPS) is 18.6. The highest BCUT2D eigenvalue weighted by Gasteiger charge is 2.20. The first-order valence-corrected chi connectivity index (χ1v) is 5.70. The molecule has 0 aliphatic heterocycles. The molecule has 15 heavy (non-hydrogen) atoms. The molecule has 1 aliphatic carbocycles.